The molecule has 3 aromatic rings. The molecule has 6 heteroatoms. The Labute approximate surface area is 149 Å². The maximum atomic E-state index is 11.7. The molecule has 0 aliphatic rings. The second-order valence-corrected chi connectivity index (χ2v) is 5.70. The fraction of sp³-hybridized carbons (Fsp3) is 0.0526. The first-order valence-corrected chi connectivity index (χ1v) is 7.92. The predicted octanol–water partition coefficient (Wildman–Crippen LogP) is 3.73. The number of halogens is 1. The third kappa shape index (κ3) is 4.28. The summed E-state index contributed by atoms with van der Waals surface area (Å²) in [6.07, 6.45) is 1.39. The van der Waals surface area contributed by atoms with Crippen LogP contribution in [0.5, 0.6) is 11.5 Å². The van der Waals surface area contributed by atoms with Crippen molar-refractivity contribution in [3.8, 4) is 11.5 Å². The summed E-state index contributed by atoms with van der Waals surface area (Å²) in [5.41, 5.74) is 2.87. The van der Waals surface area contributed by atoms with Gasteiger partial charge in [0.15, 0.2) is 6.61 Å². The molecule has 2 N–H and O–H groups in total. The topological polar surface area (TPSA) is 70.9 Å². The maximum absolute atomic E-state index is 11.7. The number of hydrogen-bond donors (Lipinski definition) is 2. The Bertz CT molecular complexity index is 924. The molecular weight excluding hydrogens is 340 g/mol. The Hall–Kier alpha value is -3.05. The monoisotopic (exact) mass is 354 g/mol. The number of carbonyl (C=O) groups excluding carboxylic acids is 1. The summed E-state index contributed by atoms with van der Waals surface area (Å²) in [6.45, 7) is -0.178. The van der Waals surface area contributed by atoms with Crippen molar-refractivity contribution in [2.45, 2.75) is 0 Å². The van der Waals surface area contributed by atoms with Gasteiger partial charge in [0.05, 0.1) is 6.21 Å². The summed E-state index contributed by atoms with van der Waals surface area (Å²) in [5, 5.41) is 16.3. The van der Waals surface area contributed by atoms with Gasteiger partial charge in [0.2, 0.25) is 0 Å². The van der Waals surface area contributed by atoms with E-state index in [-0.39, 0.29) is 12.4 Å². The minimum atomic E-state index is -0.411. The number of rotatable bonds is 5. The average Bonchev–Trinajstić information content (AvgIpc) is 2.63. The van der Waals surface area contributed by atoms with Gasteiger partial charge in [-0.2, -0.15) is 5.10 Å². The van der Waals surface area contributed by atoms with Gasteiger partial charge < -0.3 is 9.84 Å². The molecule has 5 nitrogen and oxygen atoms in total. The fourth-order valence-corrected chi connectivity index (χ4v) is 2.39. The van der Waals surface area contributed by atoms with E-state index in [9.17, 15) is 9.90 Å². The summed E-state index contributed by atoms with van der Waals surface area (Å²) in [5.74, 6) is 0.246. The molecule has 0 fully saturated rings. The van der Waals surface area contributed by atoms with Crippen LogP contribution in [-0.2, 0) is 4.79 Å². The van der Waals surface area contributed by atoms with Gasteiger partial charge >= 0.3 is 0 Å². The summed E-state index contributed by atoms with van der Waals surface area (Å²) < 4.78 is 5.31. The molecule has 1 amide bonds. The molecule has 0 saturated carbocycles. The Morgan fingerprint density at radius 1 is 1.12 bits per heavy atom. The summed E-state index contributed by atoms with van der Waals surface area (Å²) in [4.78, 5) is 11.7. The Kier molecular flexibility index (Phi) is 5.16. The Morgan fingerprint density at radius 2 is 1.88 bits per heavy atom. The first kappa shape index (κ1) is 16.8. The normalized spacial score (nSPS) is 10.9. The van der Waals surface area contributed by atoms with Gasteiger partial charge in [-0.1, -0.05) is 41.9 Å². The van der Waals surface area contributed by atoms with Crippen LogP contribution >= 0.6 is 11.6 Å². The number of amides is 1. The van der Waals surface area contributed by atoms with Crippen molar-refractivity contribution in [2.75, 3.05) is 6.61 Å². The van der Waals surface area contributed by atoms with Gasteiger partial charge in [-0.15, -0.1) is 0 Å². The van der Waals surface area contributed by atoms with Crippen molar-refractivity contribution in [3.63, 3.8) is 0 Å². The van der Waals surface area contributed by atoms with Crippen LogP contribution in [0.1, 0.15) is 5.56 Å². The zero-order valence-corrected chi connectivity index (χ0v) is 13.9. The van der Waals surface area contributed by atoms with Crippen molar-refractivity contribution in [3.05, 3.63) is 71.2 Å². The third-order valence-corrected chi connectivity index (χ3v) is 3.76. The smallest absolute Gasteiger partial charge is 0.277 e. The lowest BCUT2D eigenvalue weighted by Gasteiger charge is -2.05. The summed E-state index contributed by atoms with van der Waals surface area (Å²) in [6, 6.07) is 17.8. The Balaban J connectivity index is 1.58. The van der Waals surface area contributed by atoms with E-state index in [2.05, 4.69) is 10.5 Å². The number of nitrogens with zero attached hydrogens (tertiary/aromatic N) is 1. The van der Waals surface area contributed by atoms with Crippen LogP contribution in [0.2, 0.25) is 5.02 Å². The van der Waals surface area contributed by atoms with Crippen LogP contribution in [0.25, 0.3) is 10.8 Å². The van der Waals surface area contributed by atoms with Crippen molar-refractivity contribution in [1.29, 1.82) is 0 Å². The number of hydrazone groups is 1. The van der Waals surface area contributed by atoms with E-state index in [1.54, 1.807) is 30.3 Å². The molecule has 0 radical (unpaired) electrons. The zero-order valence-electron chi connectivity index (χ0n) is 13.1. The quantitative estimate of drug-likeness (QED) is 0.541. The van der Waals surface area contributed by atoms with Crippen molar-refractivity contribution in [2.24, 2.45) is 5.10 Å². The molecule has 3 aromatic carbocycles. The number of hydrogen-bond acceptors (Lipinski definition) is 4. The number of phenols is 1. The average molecular weight is 355 g/mol. The van der Waals surface area contributed by atoms with Crippen molar-refractivity contribution >= 4 is 34.5 Å². The summed E-state index contributed by atoms with van der Waals surface area (Å²) in [7, 11) is 0. The molecule has 0 heterocycles. The molecule has 0 aliphatic carbocycles. The molecule has 0 unspecified atom stereocenters. The van der Waals surface area contributed by atoms with E-state index >= 15 is 0 Å². The first-order valence-electron chi connectivity index (χ1n) is 7.54. The van der Waals surface area contributed by atoms with Gasteiger partial charge in [0, 0.05) is 16.0 Å². The highest BCUT2D eigenvalue weighted by Gasteiger charge is 2.05. The number of phenolic OH excluding ortho intramolecular Hbond substituents is 1. The van der Waals surface area contributed by atoms with Crippen LogP contribution in [0.15, 0.2) is 65.8 Å². The molecular formula is C19H15ClN2O3. The van der Waals surface area contributed by atoms with Crippen LogP contribution in [0.3, 0.4) is 0 Å². The molecule has 0 aliphatic heterocycles. The van der Waals surface area contributed by atoms with Crippen LogP contribution < -0.4 is 10.2 Å². The Morgan fingerprint density at radius 3 is 2.68 bits per heavy atom. The lowest BCUT2D eigenvalue weighted by atomic mass is 10.1. The molecule has 0 saturated heterocycles. The van der Waals surface area contributed by atoms with Gasteiger partial charge in [0.25, 0.3) is 5.91 Å². The van der Waals surface area contributed by atoms with Crippen molar-refractivity contribution < 1.29 is 14.6 Å². The second kappa shape index (κ2) is 7.68. The highest BCUT2D eigenvalue weighted by molar-refractivity contribution is 6.30. The molecule has 0 bridgehead atoms. The number of benzene rings is 3. The number of carbonyl (C=O) groups is 1. The van der Waals surface area contributed by atoms with Crippen molar-refractivity contribution in [1.82, 2.24) is 5.43 Å². The van der Waals surface area contributed by atoms with E-state index in [4.69, 9.17) is 16.3 Å². The second-order valence-electron chi connectivity index (χ2n) is 5.26. The van der Waals surface area contributed by atoms with E-state index < -0.39 is 5.91 Å². The first-order chi connectivity index (χ1) is 12.1. The van der Waals surface area contributed by atoms with Gasteiger partial charge in [-0.25, -0.2) is 5.43 Å². The molecule has 0 atom stereocenters. The third-order valence-electron chi connectivity index (χ3n) is 3.51. The van der Waals surface area contributed by atoms with E-state index in [0.29, 0.717) is 16.3 Å². The highest BCUT2D eigenvalue weighted by Crippen LogP contribution is 2.27. The minimum absolute atomic E-state index is 0.119. The number of aromatic hydroxyl groups is 1. The molecule has 0 spiro atoms. The van der Waals surface area contributed by atoms with Gasteiger partial charge in [-0.05, 0) is 35.7 Å². The lowest BCUT2D eigenvalue weighted by Crippen LogP contribution is -2.24. The van der Waals surface area contributed by atoms with Gasteiger partial charge in [0.1, 0.15) is 11.5 Å². The lowest BCUT2D eigenvalue weighted by molar-refractivity contribution is -0.123. The summed E-state index contributed by atoms with van der Waals surface area (Å²) >= 11 is 5.78. The minimum Gasteiger partial charge on any atom is -0.507 e. The largest absolute Gasteiger partial charge is 0.507 e. The van der Waals surface area contributed by atoms with Gasteiger partial charge in [-0.3, -0.25) is 4.79 Å². The van der Waals surface area contributed by atoms with Crippen LogP contribution in [0.4, 0.5) is 0 Å². The zero-order chi connectivity index (χ0) is 17.6. The number of fused-ring (bicyclic) bond motifs is 1. The highest BCUT2D eigenvalue weighted by atomic mass is 35.5. The number of nitrogens with one attached hydrogen (secondary N) is 1. The molecule has 3 rings (SSSR count). The molecule has 0 aromatic heterocycles. The molecule has 25 heavy (non-hydrogen) atoms. The van der Waals surface area contributed by atoms with E-state index in [1.165, 1.54) is 6.21 Å². The fourth-order valence-electron chi connectivity index (χ4n) is 2.26. The standard InChI is InChI=1S/C19H15ClN2O3/c20-15-7-9-16(10-8-15)25-12-18(23)22-21-11-14-6-5-13-3-1-2-4-17(13)19(14)24/h1-11,24H,12H2,(H,22,23). The van der Waals surface area contributed by atoms with E-state index in [0.717, 1.165) is 10.8 Å². The van der Waals surface area contributed by atoms with Crippen LogP contribution in [0, 0.1) is 0 Å². The maximum Gasteiger partial charge on any atom is 0.277 e. The van der Waals surface area contributed by atoms with E-state index in [1.807, 2.05) is 30.3 Å². The predicted molar refractivity (Wildman–Crippen MR) is 98.3 cm³/mol. The molecule has 126 valence electrons. The SMILES string of the molecule is O=C(COc1ccc(Cl)cc1)NN=Cc1ccc2ccccc2c1O. The van der Waals surface area contributed by atoms with Crippen LogP contribution in [-0.4, -0.2) is 23.8 Å². The number of ether oxygens (including phenoxy) is 1.